The van der Waals surface area contributed by atoms with Gasteiger partial charge in [-0.05, 0) is 36.9 Å². The van der Waals surface area contributed by atoms with Crippen molar-refractivity contribution >= 4 is 35.1 Å². The summed E-state index contributed by atoms with van der Waals surface area (Å²) in [4.78, 5) is 29.1. The zero-order valence-corrected chi connectivity index (χ0v) is 15.1. The summed E-state index contributed by atoms with van der Waals surface area (Å²) in [5.74, 6) is -1.59. The molecule has 1 aromatic carbocycles. The van der Waals surface area contributed by atoms with Crippen LogP contribution in [-0.4, -0.2) is 41.1 Å². The van der Waals surface area contributed by atoms with Crippen LogP contribution in [0.5, 0.6) is 0 Å². The van der Waals surface area contributed by atoms with Crippen molar-refractivity contribution in [3.63, 3.8) is 0 Å². The molecule has 0 amide bonds. The van der Waals surface area contributed by atoms with Crippen molar-refractivity contribution in [2.75, 3.05) is 14.2 Å². The lowest BCUT2D eigenvalue weighted by atomic mass is 10.1. The zero-order chi connectivity index (χ0) is 18.6. The van der Waals surface area contributed by atoms with E-state index < -0.39 is 18.0 Å². The fourth-order valence-corrected chi connectivity index (χ4v) is 2.70. The van der Waals surface area contributed by atoms with Crippen LogP contribution in [0, 0.1) is 0 Å². The summed E-state index contributed by atoms with van der Waals surface area (Å²) in [7, 11) is 3.00. The second-order valence-corrected chi connectivity index (χ2v) is 6.15. The first-order valence-electron chi connectivity index (χ1n) is 7.25. The van der Waals surface area contributed by atoms with Crippen LogP contribution in [0.4, 0.5) is 0 Å². The van der Waals surface area contributed by atoms with Crippen LogP contribution in [0.25, 0.3) is 0 Å². The van der Waals surface area contributed by atoms with Gasteiger partial charge in [0.05, 0.1) is 22.8 Å². The van der Waals surface area contributed by atoms with Gasteiger partial charge in [0.25, 0.3) is 0 Å². The van der Waals surface area contributed by atoms with Gasteiger partial charge in [0.15, 0.2) is 0 Å². The Labute approximate surface area is 154 Å². The van der Waals surface area contributed by atoms with Crippen molar-refractivity contribution in [1.29, 1.82) is 0 Å². The fourth-order valence-electron chi connectivity index (χ4n) is 2.40. The summed E-state index contributed by atoms with van der Waals surface area (Å²) >= 11 is 12.0. The Morgan fingerprint density at radius 3 is 2.56 bits per heavy atom. The van der Waals surface area contributed by atoms with E-state index in [0.29, 0.717) is 21.3 Å². The summed E-state index contributed by atoms with van der Waals surface area (Å²) in [5, 5.41) is 9.74. The topological polar surface area (TPSA) is 79.7 Å². The Balaban J connectivity index is 2.31. The first kappa shape index (κ1) is 19.2. The summed E-state index contributed by atoms with van der Waals surface area (Å²) in [6.45, 7) is 0.237. The molecule has 0 bridgehead atoms. The third-order valence-electron chi connectivity index (χ3n) is 3.56. The number of pyridine rings is 1. The Morgan fingerprint density at radius 1 is 1.24 bits per heavy atom. The number of nitrogens with zero attached hydrogens (tertiary/aromatic N) is 2. The van der Waals surface area contributed by atoms with E-state index in [1.54, 1.807) is 42.3 Å². The lowest BCUT2D eigenvalue weighted by molar-refractivity contribution is -0.147. The number of likely N-dealkylation sites (N-methyl/N-ethyl adjacent to an activating group) is 1. The number of aromatic nitrogens is 1. The maximum atomic E-state index is 12.3. The molecule has 25 heavy (non-hydrogen) atoms. The number of ether oxygens (including phenoxy) is 1. The molecule has 1 heterocycles. The summed E-state index contributed by atoms with van der Waals surface area (Å²) < 4.78 is 4.89. The van der Waals surface area contributed by atoms with Crippen LogP contribution >= 0.6 is 23.2 Å². The maximum Gasteiger partial charge on any atom is 0.354 e. The van der Waals surface area contributed by atoms with Gasteiger partial charge >= 0.3 is 11.9 Å². The van der Waals surface area contributed by atoms with Crippen LogP contribution in [0.2, 0.25) is 10.0 Å². The van der Waals surface area contributed by atoms with E-state index in [4.69, 9.17) is 33.0 Å². The molecular weight excluding hydrogens is 367 g/mol. The summed E-state index contributed by atoms with van der Waals surface area (Å²) in [5.41, 5.74) is 1.06. The SMILES string of the molecule is COC(=O)C(c1ccc(Cl)c(Cl)c1)N(C)Cc1cccc(C(=O)O)n1. The van der Waals surface area contributed by atoms with Gasteiger partial charge in [-0.15, -0.1) is 0 Å². The number of carbonyl (C=O) groups is 2. The van der Waals surface area contributed by atoms with Crippen LogP contribution < -0.4 is 0 Å². The molecule has 0 saturated heterocycles. The molecule has 0 spiro atoms. The molecule has 6 nitrogen and oxygen atoms in total. The quantitative estimate of drug-likeness (QED) is 0.770. The lowest BCUT2D eigenvalue weighted by Gasteiger charge is -2.26. The van der Waals surface area contributed by atoms with Gasteiger partial charge in [-0.3, -0.25) is 4.90 Å². The molecule has 2 aromatic rings. The molecule has 1 aromatic heterocycles. The van der Waals surface area contributed by atoms with E-state index in [1.807, 2.05) is 0 Å². The minimum Gasteiger partial charge on any atom is -0.477 e. The van der Waals surface area contributed by atoms with Crippen molar-refractivity contribution in [2.24, 2.45) is 0 Å². The Hall–Kier alpha value is -2.15. The molecule has 2 rings (SSSR count). The number of carbonyl (C=O) groups excluding carboxylic acids is 1. The van der Waals surface area contributed by atoms with E-state index in [2.05, 4.69) is 4.98 Å². The van der Waals surface area contributed by atoms with E-state index in [-0.39, 0.29) is 12.2 Å². The number of aromatic carboxylic acids is 1. The smallest absolute Gasteiger partial charge is 0.354 e. The molecule has 0 aliphatic heterocycles. The summed E-state index contributed by atoms with van der Waals surface area (Å²) in [6, 6.07) is 8.85. The normalized spacial score (nSPS) is 12.0. The third-order valence-corrected chi connectivity index (χ3v) is 4.30. The van der Waals surface area contributed by atoms with Crippen LogP contribution in [0.3, 0.4) is 0 Å². The number of hydrogen-bond donors (Lipinski definition) is 1. The molecule has 0 aliphatic carbocycles. The van der Waals surface area contributed by atoms with Gasteiger partial charge < -0.3 is 9.84 Å². The number of methoxy groups -OCH3 is 1. The predicted octanol–water partition coefficient (Wildman–Crippen LogP) is 3.43. The highest BCUT2D eigenvalue weighted by molar-refractivity contribution is 6.42. The van der Waals surface area contributed by atoms with Gasteiger partial charge in [-0.25, -0.2) is 14.6 Å². The Morgan fingerprint density at radius 2 is 1.96 bits per heavy atom. The molecule has 1 unspecified atom stereocenters. The molecule has 0 aliphatic rings. The minimum atomic E-state index is -1.11. The second-order valence-electron chi connectivity index (χ2n) is 5.33. The van der Waals surface area contributed by atoms with Gasteiger partial charge in [0.1, 0.15) is 11.7 Å². The lowest BCUT2D eigenvalue weighted by Crippen LogP contribution is -2.32. The number of rotatable bonds is 6. The minimum absolute atomic E-state index is 0.0601. The molecule has 1 atom stereocenters. The average Bonchev–Trinajstić information content (AvgIpc) is 2.58. The second kappa shape index (κ2) is 8.29. The van der Waals surface area contributed by atoms with Gasteiger partial charge in [0.2, 0.25) is 0 Å². The van der Waals surface area contributed by atoms with E-state index in [0.717, 1.165) is 0 Å². The Bertz CT molecular complexity index is 798. The van der Waals surface area contributed by atoms with Gasteiger partial charge in [-0.2, -0.15) is 0 Å². The molecule has 1 N–H and O–H groups in total. The standard InChI is InChI=1S/C17H16Cl2N2O4/c1-21(9-11-4-3-5-14(20-11)16(22)23)15(17(24)25-2)10-6-7-12(18)13(19)8-10/h3-8,15H,9H2,1-2H3,(H,22,23). The van der Waals surface area contributed by atoms with Crippen molar-refractivity contribution in [3.05, 3.63) is 63.4 Å². The highest BCUT2D eigenvalue weighted by Crippen LogP contribution is 2.29. The molecule has 0 radical (unpaired) electrons. The van der Waals surface area contributed by atoms with Gasteiger partial charge in [0, 0.05) is 6.54 Å². The molecule has 8 heteroatoms. The highest BCUT2D eigenvalue weighted by atomic mass is 35.5. The van der Waals surface area contributed by atoms with Crippen molar-refractivity contribution < 1.29 is 19.4 Å². The number of esters is 1. The first-order chi connectivity index (χ1) is 11.8. The van der Waals surface area contributed by atoms with Gasteiger partial charge in [-0.1, -0.05) is 35.3 Å². The third kappa shape index (κ3) is 4.69. The largest absolute Gasteiger partial charge is 0.477 e. The summed E-state index contributed by atoms with van der Waals surface area (Å²) in [6.07, 6.45) is 0. The van der Waals surface area contributed by atoms with E-state index in [9.17, 15) is 9.59 Å². The van der Waals surface area contributed by atoms with Crippen LogP contribution in [-0.2, 0) is 16.1 Å². The highest BCUT2D eigenvalue weighted by Gasteiger charge is 2.27. The molecular formula is C17H16Cl2N2O4. The number of carboxylic acid groups (broad SMARTS) is 1. The number of hydrogen-bond acceptors (Lipinski definition) is 5. The van der Waals surface area contributed by atoms with Crippen LogP contribution in [0.15, 0.2) is 36.4 Å². The molecule has 132 valence electrons. The maximum absolute atomic E-state index is 12.3. The van der Waals surface area contributed by atoms with Crippen molar-refractivity contribution in [1.82, 2.24) is 9.88 Å². The average molecular weight is 383 g/mol. The van der Waals surface area contributed by atoms with E-state index in [1.165, 1.54) is 13.2 Å². The zero-order valence-electron chi connectivity index (χ0n) is 13.6. The number of halogens is 2. The first-order valence-corrected chi connectivity index (χ1v) is 8.01. The predicted molar refractivity (Wildman–Crippen MR) is 93.9 cm³/mol. The number of carboxylic acids is 1. The van der Waals surface area contributed by atoms with E-state index >= 15 is 0 Å². The van der Waals surface area contributed by atoms with Crippen molar-refractivity contribution in [2.45, 2.75) is 12.6 Å². The van der Waals surface area contributed by atoms with Crippen LogP contribution in [0.1, 0.15) is 27.8 Å². The molecule has 0 saturated carbocycles. The van der Waals surface area contributed by atoms with Crippen molar-refractivity contribution in [3.8, 4) is 0 Å². The molecule has 0 fully saturated rings. The Kier molecular flexibility index (Phi) is 6.36. The number of benzene rings is 1. The monoisotopic (exact) mass is 382 g/mol. The fraction of sp³-hybridized carbons (Fsp3) is 0.235.